The third-order valence-corrected chi connectivity index (χ3v) is 4.73. The molecule has 0 aromatic heterocycles. The van der Waals surface area contributed by atoms with Crippen LogP contribution in [0.4, 0.5) is 0 Å². The van der Waals surface area contributed by atoms with Gasteiger partial charge >= 0.3 is 0 Å². The third kappa shape index (κ3) is 1.42. The fourth-order valence-corrected chi connectivity index (χ4v) is 4.30. The SMILES string of the molecule is CC(C)(C)C1CC2CC1C2C(C)(C)C. The van der Waals surface area contributed by atoms with E-state index in [-0.39, 0.29) is 0 Å². The van der Waals surface area contributed by atoms with E-state index < -0.39 is 0 Å². The van der Waals surface area contributed by atoms with Gasteiger partial charge in [0.05, 0.1) is 0 Å². The summed E-state index contributed by atoms with van der Waals surface area (Å²) in [5.74, 6) is 4.12. The Bertz CT molecular complexity index is 209. The summed E-state index contributed by atoms with van der Waals surface area (Å²) in [7, 11) is 0. The second-order valence-electron chi connectivity index (χ2n) is 7.76. The first-order valence-corrected chi connectivity index (χ1v) is 6.21. The average molecular weight is 194 g/mol. The van der Waals surface area contributed by atoms with Crippen molar-refractivity contribution >= 4 is 0 Å². The highest BCUT2D eigenvalue weighted by Crippen LogP contribution is 2.66. The highest BCUT2D eigenvalue weighted by Gasteiger charge is 2.58. The van der Waals surface area contributed by atoms with Gasteiger partial charge in [-0.25, -0.2) is 0 Å². The van der Waals surface area contributed by atoms with Gasteiger partial charge in [0.2, 0.25) is 0 Å². The topological polar surface area (TPSA) is 0 Å². The van der Waals surface area contributed by atoms with E-state index in [9.17, 15) is 0 Å². The van der Waals surface area contributed by atoms with E-state index >= 15 is 0 Å². The smallest absolute Gasteiger partial charge is 0.0305 e. The summed E-state index contributed by atoms with van der Waals surface area (Å²) in [6.07, 6.45) is 3.04. The lowest BCUT2D eigenvalue weighted by atomic mass is 9.58. The molecule has 3 saturated carbocycles. The van der Waals surface area contributed by atoms with E-state index in [1.165, 1.54) is 12.8 Å². The Morgan fingerprint density at radius 1 is 0.786 bits per heavy atom. The van der Waals surface area contributed by atoms with Gasteiger partial charge in [-0.1, -0.05) is 41.5 Å². The van der Waals surface area contributed by atoms with Crippen LogP contribution in [-0.2, 0) is 0 Å². The second-order valence-corrected chi connectivity index (χ2v) is 7.76. The molecule has 14 heavy (non-hydrogen) atoms. The fourth-order valence-electron chi connectivity index (χ4n) is 4.30. The maximum absolute atomic E-state index is 2.43. The minimum Gasteiger partial charge on any atom is -0.0599 e. The van der Waals surface area contributed by atoms with Crippen LogP contribution in [0.3, 0.4) is 0 Å². The molecule has 0 heterocycles. The van der Waals surface area contributed by atoms with Crippen molar-refractivity contribution < 1.29 is 0 Å². The van der Waals surface area contributed by atoms with Gasteiger partial charge in [-0.05, 0) is 47.3 Å². The predicted molar refractivity (Wildman–Crippen MR) is 62.1 cm³/mol. The second kappa shape index (κ2) is 2.77. The lowest BCUT2D eigenvalue weighted by Gasteiger charge is -2.47. The lowest BCUT2D eigenvalue weighted by molar-refractivity contribution is 0.0140. The zero-order valence-electron chi connectivity index (χ0n) is 10.7. The molecular formula is C14H26. The van der Waals surface area contributed by atoms with Crippen molar-refractivity contribution in [3.63, 3.8) is 0 Å². The molecule has 3 rings (SSSR count). The van der Waals surface area contributed by atoms with Crippen LogP contribution in [-0.4, -0.2) is 0 Å². The summed E-state index contributed by atoms with van der Waals surface area (Å²) in [5.41, 5.74) is 1.09. The first kappa shape index (κ1) is 10.5. The van der Waals surface area contributed by atoms with Crippen LogP contribution in [0, 0.1) is 34.5 Å². The van der Waals surface area contributed by atoms with Crippen LogP contribution in [0.25, 0.3) is 0 Å². The third-order valence-electron chi connectivity index (χ3n) is 4.73. The van der Waals surface area contributed by atoms with Crippen LogP contribution in [0.15, 0.2) is 0 Å². The van der Waals surface area contributed by atoms with Gasteiger partial charge in [0, 0.05) is 0 Å². The molecule has 0 aromatic rings. The fraction of sp³-hybridized carbons (Fsp3) is 1.00. The highest BCUT2D eigenvalue weighted by atomic mass is 14.6. The molecule has 0 aliphatic heterocycles. The quantitative estimate of drug-likeness (QED) is 0.538. The van der Waals surface area contributed by atoms with Crippen LogP contribution in [0.1, 0.15) is 54.4 Å². The molecule has 0 amide bonds. The van der Waals surface area contributed by atoms with Crippen LogP contribution >= 0.6 is 0 Å². The van der Waals surface area contributed by atoms with E-state index in [0.717, 1.165) is 23.7 Å². The lowest BCUT2D eigenvalue weighted by Crippen LogP contribution is -2.40. The molecule has 0 N–H and O–H groups in total. The van der Waals surface area contributed by atoms with E-state index in [1.807, 2.05) is 0 Å². The molecule has 3 aliphatic carbocycles. The normalized spacial score (nSPS) is 42.4. The number of hydrogen-bond acceptors (Lipinski definition) is 0. The van der Waals surface area contributed by atoms with Gasteiger partial charge in [0.1, 0.15) is 0 Å². The zero-order valence-corrected chi connectivity index (χ0v) is 10.7. The number of hydrogen-bond donors (Lipinski definition) is 0. The number of rotatable bonds is 0. The van der Waals surface area contributed by atoms with Crippen LogP contribution in [0.5, 0.6) is 0 Å². The molecule has 0 aromatic carbocycles. The Labute approximate surface area is 89.5 Å². The Kier molecular flexibility index (Phi) is 2.08. The van der Waals surface area contributed by atoms with E-state index in [4.69, 9.17) is 0 Å². The standard InChI is InChI=1S/C14H26/c1-13(2,3)11-8-9-7-10(11)12(9)14(4,5)6/h9-12H,7-8H2,1-6H3. The van der Waals surface area contributed by atoms with E-state index in [1.54, 1.807) is 0 Å². The Morgan fingerprint density at radius 3 is 1.64 bits per heavy atom. The molecule has 82 valence electrons. The van der Waals surface area contributed by atoms with Crippen molar-refractivity contribution in [2.45, 2.75) is 54.4 Å². The largest absolute Gasteiger partial charge is 0.0599 e. The molecular weight excluding hydrogens is 168 g/mol. The monoisotopic (exact) mass is 194 g/mol. The number of fused-ring (bicyclic) bond motifs is 1. The van der Waals surface area contributed by atoms with Crippen molar-refractivity contribution in [1.82, 2.24) is 0 Å². The van der Waals surface area contributed by atoms with E-state index in [2.05, 4.69) is 41.5 Å². The first-order chi connectivity index (χ1) is 6.21. The summed E-state index contributed by atoms with van der Waals surface area (Å²) in [6.45, 7) is 14.6. The zero-order chi connectivity index (χ0) is 10.7. The Morgan fingerprint density at radius 2 is 1.36 bits per heavy atom. The van der Waals surface area contributed by atoms with Crippen LogP contribution in [0.2, 0.25) is 0 Å². The minimum absolute atomic E-state index is 0.541. The van der Waals surface area contributed by atoms with Gasteiger partial charge < -0.3 is 0 Å². The van der Waals surface area contributed by atoms with Crippen molar-refractivity contribution in [1.29, 1.82) is 0 Å². The summed E-state index contributed by atoms with van der Waals surface area (Å²) < 4.78 is 0. The van der Waals surface area contributed by atoms with Gasteiger partial charge in [0.25, 0.3) is 0 Å². The van der Waals surface area contributed by atoms with E-state index in [0.29, 0.717) is 10.8 Å². The molecule has 0 heteroatoms. The van der Waals surface area contributed by atoms with Crippen molar-refractivity contribution in [3.05, 3.63) is 0 Å². The predicted octanol–water partition coefficient (Wildman–Crippen LogP) is 4.35. The maximum Gasteiger partial charge on any atom is -0.0305 e. The molecule has 4 atom stereocenters. The van der Waals surface area contributed by atoms with Gasteiger partial charge in [0.15, 0.2) is 0 Å². The maximum atomic E-state index is 2.43. The molecule has 2 bridgehead atoms. The molecule has 0 spiro atoms. The van der Waals surface area contributed by atoms with Gasteiger partial charge in [-0.2, -0.15) is 0 Å². The summed E-state index contributed by atoms with van der Waals surface area (Å²) in [6, 6.07) is 0. The van der Waals surface area contributed by atoms with Gasteiger partial charge in [-0.15, -0.1) is 0 Å². The molecule has 3 aliphatic rings. The average Bonchev–Trinajstić information content (AvgIpc) is 2.30. The molecule has 3 fully saturated rings. The summed E-state index contributed by atoms with van der Waals surface area (Å²) in [4.78, 5) is 0. The Balaban J connectivity index is 2.12. The first-order valence-electron chi connectivity index (χ1n) is 6.21. The highest BCUT2D eigenvalue weighted by molar-refractivity contribution is 5.07. The summed E-state index contributed by atoms with van der Waals surface area (Å²) >= 11 is 0. The minimum atomic E-state index is 0.541. The molecule has 0 radical (unpaired) electrons. The summed E-state index contributed by atoms with van der Waals surface area (Å²) in [5, 5.41) is 0. The molecule has 0 saturated heterocycles. The van der Waals surface area contributed by atoms with Crippen LogP contribution < -0.4 is 0 Å². The van der Waals surface area contributed by atoms with Crippen molar-refractivity contribution in [2.24, 2.45) is 34.5 Å². The molecule has 4 unspecified atom stereocenters. The Hall–Kier alpha value is 0. The van der Waals surface area contributed by atoms with Crippen molar-refractivity contribution in [2.75, 3.05) is 0 Å². The van der Waals surface area contributed by atoms with Crippen molar-refractivity contribution in [3.8, 4) is 0 Å². The molecule has 0 nitrogen and oxygen atoms in total. The van der Waals surface area contributed by atoms with Gasteiger partial charge in [-0.3, -0.25) is 0 Å².